The molecule has 6 nitrogen and oxygen atoms in total. The minimum Gasteiger partial charge on any atom is -0.334 e. The van der Waals surface area contributed by atoms with Gasteiger partial charge in [0.15, 0.2) is 0 Å². The molecule has 0 atom stereocenters. The number of aromatic nitrogens is 2. The van der Waals surface area contributed by atoms with E-state index in [4.69, 9.17) is 0 Å². The first-order chi connectivity index (χ1) is 9.63. The summed E-state index contributed by atoms with van der Waals surface area (Å²) in [6.45, 7) is 1.55. The van der Waals surface area contributed by atoms with Crippen molar-refractivity contribution in [1.82, 2.24) is 19.6 Å². The molecule has 0 aromatic carbocycles. The van der Waals surface area contributed by atoms with Crippen LogP contribution in [0, 0.1) is 0 Å². The Morgan fingerprint density at radius 2 is 2.30 bits per heavy atom. The largest absolute Gasteiger partial charge is 0.334 e. The van der Waals surface area contributed by atoms with Crippen LogP contribution in [0.5, 0.6) is 0 Å². The molecule has 1 aromatic heterocycles. The van der Waals surface area contributed by atoms with Gasteiger partial charge in [-0.05, 0) is 19.3 Å². The summed E-state index contributed by atoms with van der Waals surface area (Å²) in [7, 11) is 1.87. The highest BCUT2D eigenvalue weighted by molar-refractivity contribution is 5.86. The van der Waals surface area contributed by atoms with Crippen molar-refractivity contribution in [2.75, 3.05) is 13.1 Å². The Bertz CT molecular complexity index is 521. The first-order valence-electron chi connectivity index (χ1n) is 7.18. The molecule has 0 radical (unpaired) electrons. The third kappa shape index (κ3) is 2.84. The van der Waals surface area contributed by atoms with E-state index in [9.17, 15) is 9.59 Å². The Balaban J connectivity index is 1.64. The molecule has 108 valence electrons. The predicted octanol–water partition coefficient (Wildman–Crippen LogP) is 0.533. The van der Waals surface area contributed by atoms with E-state index < -0.39 is 0 Å². The topological polar surface area (TPSA) is 58.4 Å². The highest BCUT2D eigenvalue weighted by atomic mass is 16.2. The van der Waals surface area contributed by atoms with Gasteiger partial charge in [0.2, 0.25) is 11.8 Å². The van der Waals surface area contributed by atoms with Crippen molar-refractivity contribution in [3.8, 4) is 0 Å². The second-order valence-corrected chi connectivity index (χ2v) is 5.69. The molecule has 0 N–H and O–H groups in total. The van der Waals surface area contributed by atoms with E-state index in [1.807, 2.05) is 18.1 Å². The zero-order chi connectivity index (χ0) is 14.1. The van der Waals surface area contributed by atoms with Crippen molar-refractivity contribution in [2.45, 2.75) is 38.3 Å². The van der Waals surface area contributed by atoms with Gasteiger partial charge in [-0.25, -0.2) is 0 Å². The SMILES string of the molecule is Cn1cc(CN(C(=O)CN2CCCC2=O)C2CC2)cn1. The van der Waals surface area contributed by atoms with E-state index in [1.54, 1.807) is 15.8 Å². The van der Waals surface area contributed by atoms with Gasteiger partial charge >= 0.3 is 0 Å². The van der Waals surface area contributed by atoms with Crippen LogP contribution in [0.2, 0.25) is 0 Å². The van der Waals surface area contributed by atoms with Gasteiger partial charge in [0.25, 0.3) is 0 Å². The van der Waals surface area contributed by atoms with E-state index >= 15 is 0 Å². The second-order valence-electron chi connectivity index (χ2n) is 5.69. The fraction of sp³-hybridized carbons (Fsp3) is 0.643. The molecule has 1 aliphatic carbocycles. The first-order valence-corrected chi connectivity index (χ1v) is 7.18. The molecule has 3 rings (SSSR count). The van der Waals surface area contributed by atoms with Crippen LogP contribution in [0.25, 0.3) is 0 Å². The van der Waals surface area contributed by atoms with Crippen LogP contribution in [0.15, 0.2) is 12.4 Å². The fourth-order valence-corrected chi connectivity index (χ4v) is 2.68. The first kappa shape index (κ1) is 13.1. The molecule has 2 fully saturated rings. The number of hydrogen-bond acceptors (Lipinski definition) is 3. The summed E-state index contributed by atoms with van der Waals surface area (Å²) in [6, 6.07) is 0.348. The molecule has 6 heteroatoms. The quantitative estimate of drug-likeness (QED) is 0.788. The van der Waals surface area contributed by atoms with Gasteiger partial charge in [0.1, 0.15) is 0 Å². The zero-order valence-corrected chi connectivity index (χ0v) is 11.8. The highest BCUT2D eigenvalue weighted by Gasteiger charge is 2.34. The number of amides is 2. The third-order valence-corrected chi connectivity index (χ3v) is 3.92. The van der Waals surface area contributed by atoms with Crippen LogP contribution in [-0.4, -0.2) is 50.5 Å². The van der Waals surface area contributed by atoms with E-state index in [1.165, 1.54) is 0 Å². The van der Waals surface area contributed by atoms with Crippen LogP contribution < -0.4 is 0 Å². The summed E-state index contributed by atoms with van der Waals surface area (Å²) in [4.78, 5) is 27.7. The second kappa shape index (κ2) is 5.26. The molecule has 1 aliphatic heterocycles. The summed E-state index contributed by atoms with van der Waals surface area (Å²) in [5.41, 5.74) is 1.04. The van der Waals surface area contributed by atoms with Crippen molar-refractivity contribution >= 4 is 11.8 Å². The molecule has 1 saturated heterocycles. The maximum absolute atomic E-state index is 12.4. The van der Waals surface area contributed by atoms with Crippen LogP contribution in [0.1, 0.15) is 31.2 Å². The van der Waals surface area contributed by atoms with E-state index in [0.717, 1.165) is 31.4 Å². The molecule has 20 heavy (non-hydrogen) atoms. The van der Waals surface area contributed by atoms with Crippen molar-refractivity contribution in [2.24, 2.45) is 7.05 Å². The summed E-state index contributed by atoms with van der Waals surface area (Å²) in [5, 5.41) is 4.14. The molecule has 0 bridgehead atoms. The zero-order valence-electron chi connectivity index (χ0n) is 11.8. The molecule has 2 amide bonds. The van der Waals surface area contributed by atoms with Gasteiger partial charge in [-0.1, -0.05) is 0 Å². The van der Waals surface area contributed by atoms with Gasteiger partial charge in [-0.15, -0.1) is 0 Å². The number of aryl methyl sites for hydroxylation is 1. The summed E-state index contributed by atoms with van der Waals surface area (Å²) >= 11 is 0. The summed E-state index contributed by atoms with van der Waals surface area (Å²) < 4.78 is 1.74. The lowest BCUT2D eigenvalue weighted by molar-refractivity contribution is -0.139. The molecule has 0 unspecified atom stereocenters. The molecular weight excluding hydrogens is 256 g/mol. The number of nitrogens with zero attached hydrogens (tertiary/aromatic N) is 4. The summed E-state index contributed by atoms with van der Waals surface area (Å²) in [5.74, 6) is 0.169. The Hall–Kier alpha value is -1.85. The Morgan fingerprint density at radius 1 is 1.50 bits per heavy atom. The lowest BCUT2D eigenvalue weighted by Crippen LogP contribution is -2.41. The average molecular weight is 276 g/mol. The van der Waals surface area contributed by atoms with Gasteiger partial charge in [-0.2, -0.15) is 5.10 Å². The smallest absolute Gasteiger partial charge is 0.242 e. The Morgan fingerprint density at radius 3 is 2.85 bits per heavy atom. The number of carbonyl (C=O) groups is 2. The average Bonchev–Trinajstić information content (AvgIpc) is 3.06. The monoisotopic (exact) mass is 276 g/mol. The number of carbonyl (C=O) groups excluding carboxylic acids is 2. The molecule has 2 heterocycles. The standard InChI is InChI=1S/C14H20N4O2/c1-16-8-11(7-15-16)9-18(12-4-5-12)14(20)10-17-6-2-3-13(17)19/h7-8,12H,2-6,9-10H2,1H3. The van der Waals surface area contributed by atoms with Crippen molar-refractivity contribution in [1.29, 1.82) is 0 Å². The third-order valence-electron chi connectivity index (χ3n) is 3.92. The van der Waals surface area contributed by atoms with Gasteiger partial charge in [0, 0.05) is 44.4 Å². The Labute approximate surface area is 118 Å². The van der Waals surface area contributed by atoms with Gasteiger partial charge < -0.3 is 9.80 Å². The van der Waals surface area contributed by atoms with E-state index in [0.29, 0.717) is 19.0 Å². The number of likely N-dealkylation sites (tertiary alicyclic amines) is 1. The predicted molar refractivity (Wildman–Crippen MR) is 72.6 cm³/mol. The minimum absolute atomic E-state index is 0.0617. The van der Waals surface area contributed by atoms with Gasteiger partial charge in [-0.3, -0.25) is 14.3 Å². The van der Waals surface area contributed by atoms with Crippen molar-refractivity contribution in [3.63, 3.8) is 0 Å². The molecule has 2 aliphatic rings. The minimum atomic E-state index is 0.0617. The van der Waals surface area contributed by atoms with Crippen LogP contribution in [0.3, 0.4) is 0 Å². The van der Waals surface area contributed by atoms with Crippen LogP contribution in [-0.2, 0) is 23.2 Å². The lowest BCUT2D eigenvalue weighted by atomic mass is 10.3. The normalized spacial score (nSPS) is 18.6. The van der Waals surface area contributed by atoms with Crippen LogP contribution >= 0.6 is 0 Å². The lowest BCUT2D eigenvalue weighted by Gasteiger charge is -2.25. The summed E-state index contributed by atoms with van der Waals surface area (Å²) in [6.07, 6.45) is 7.32. The molecule has 1 saturated carbocycles. The van der Waals surface area contributed by atoms with Crippen molar-refractivity contribution in [3.05, 3.63) is 18.0 Å². The molecule has 0 spiro atoms. The van der Waals surface area contributed by atoms with Gasteiger partial charge in [0.05, 0.1) is 12.7 Å². The fourth-order valence-electron chi connectivity index (χ4n) is 2.68. The maximum atomic E-state index is 12.4. The molecular formula is C14H20N4O2. The Kier molecular flexibility index (Phi) is 3.46. The van der Waals surface area contributed by atoms with E-state index in [-0.39, 0.29) is 18.4 Å². The van der Waals surface area contributed by atoms with Crippen LogP contribution in [0.4, 0.5) is 0 Å². The number of rotatable bonds is 5. The number of hydrogen-bond donors (Lipinski definition) is 0. The highest BCUT2D eigenvalue weighted by Crippen LogP contribution is 2.28. The maximum Gasteiger partial charge on any atom is 0.242 e. The molecule has 1 aromatic rings. The van der Waals surface area contributed by atoms with Crippen molar-refractivity contribution < 1.29 is 9.59 Å². The van der Waals surface area contributed by atoms with E-state index in [2.05, 4.69) is 5.10 Å².